The summed E-state index contributed by atoms with van der Waals surface area (Å²) in [5.41, 5.74) is 0.771. The van der Waals surface area contributed by atoms with Crippen molar-refractivity contribution in [2.45, 2.75) is 6.54 Å². The van der Waals surface area contributed by atoms with E-state index in [-0.39, 0.29) is 17.9 Å². The molecule has 0 saturated carbocycles. The number of benzene rings is 2. The second kappa shape index (κ2) is 6.22. The van der Waals surface area contributed by atoms with Crippen molar-refractivity contribution in [2.75, 3.05) is 7.11 Å². The maximum atomic E-state index is 12.4. The SMILES string of the molecule is COc1ccc(C(=O)Cn2cnc3ccccc3c2=O)cc1Cl. The van der Waals surface area contributed by atoms with Crippen LogP contribution in [-0.2, 0) is 6.54 Å². The van der Waals surface area contributed by atoms with Gasteiger partial charge in [0.2, 0.25) is 0 Å². The number of carbonyl (C=O) groups is 1. The Hall–Kier alpha value is -2.66. The number of nitrogens with zero attached hydrogens (tertiary/aromatic N) is 2. The van der Waals surface area contributed by atoms with Crippen LogP contribution in [0.2, 0.25) is 5.02 Å². The lowest BCUT2D eigenvalue weighted by molar-refractivity contribution is 0.0970. The number of fused-ring (bicyclic) bond motifs is 1. The number of ether oxygens (including phenoxy) is 1. The monoisotopic (exact) mass is 328 g/mol. The van der Waals surface area contributed by atoms with Gasteiger partial charge in [-0.05, 0) is 30.3 Å². The number of aromatic nitrogens is 2. The molecule has 0 saturated heterocycles. The van der Waals surface area contributed by atoms with E-state index < -0.39 is 0 Å². The number of hydrogen-bond donors (Lipinski definition) is 0. The number of hydrogen-bond acceptors (Lipinski definition) is 4. The summed E-state index contributed by atoms with van der Waals surface area (Å²) in [6, 6.07) is 11.8. The van der Waals surface area contributed by atoms with Crippen molar-refractivity contribution in [1.82, 2.24) is 9.55 Å². The number of halogens is 1. The highest BCUT2D eigenvalue weighted by Crippen LogP contribution is 2.25. The molecule has 5 nitrogen and oxygen atoms in total. The van der Waals surface area contributed by atoms with Crippen LogP contribution in [0, 0.1) is 0 Å². The van der Waals surface area contributed by atoms with E-state index in [0.717, 1.165) is 0 Å². The summed E-state index contributed by atoms with van der Waals surface area (Å²) in [6.07, 6.45) is 1.38. The standard InChI is InChI=1S/C17H13ClN2O3/c1-23-16-7-6-11(8-13(16)18)15(21)9-20-10-19-14-5-3-2-4-12(14)17(20)22/h2-8,10H,9H2,1H3. The predicted molar refractivity (Wildman–Crippen MR) is 88.3 cm³/mol. The van der Waals surface area contributed by atoms with Crippen LogP contribution in [0.15, 0.2) is 53.6 Å². The van der Waals surface area contributed by atoms with Gasteiger partial charge in [-0.3, -0.25) is 14.2 Å². The van der Waals surface area contributed by atoms with Gasteiger partial charge in [-0.2, -0.15) is 0 Å². The van der Waals surface area contributed by atoms with Gasteiger partial charge in [0.25, 0.3) is 5.56 Å². The summed E-state index contributed by atoms with van der Waals surface area (Å²) in [5, 5.41) is 0.831. The molecule has 0 amide bonds. The maximum absolute atomic E-state index is 12.4. The zero-order valence-electron chi connectivity index (χ0n) is 12.3. The fraction of sp³-hybridized carbons (Fsp3) is 0.118. The summed E-state index contributed by atoms with van der Waals surface area (Å²) in [6.45, 7) is -0.0979. The fourth-order valence-electron chi connectivity index (χ4n) is 2.30. The molecule has 0 aliphatic carbocycles. The van der Waals surface area contributed by atoms with Gasteiger partial charge in [0.15, 0.2) is 5.78 Å². The Morgan fingerprint density at radius 3 is 2.78 bits per heavy atom. The summed E-state index contributed by atoms with van der Waals surface area (Å²) in [4.78, 5) is 29.0. The molecule has 116 valence electrons. The van der Waals surface area contributed by atoms with Crippen LogP contribution in [-0.4, -0.2) is 22.4 Å². The maximum Gasteiger partial charge on any atom is 0.261 e. The molecule has 0 radical (unpaired) electrons. The average molecular weight is 329 g/mol. The van der Waals surface area contributed by atoms with Gasteiger partial charge in [-0.1, -0.05) is 23.7 Å². The predicted octanol–water partition coefficient (Wildman–Crippen LogP) is 2.94. The van der Waals surface area contributed by atoms with Gasteiger partial charge >= 0.3 is 0 Å². The molecule has 1 heterocycles. The zero-order chi connectivity index (χ0) is 16.4. The first-order valence-corrected chi connectivity index (χ1v) is 7.29. The van der Waals surface area contributed by atoms with Crippen molar-refractivity contribution in [1.29, 1.82) is 0 Å². The van der Waals surface area contributed by atoms with Crippen molar-refractivity contribution >= 4 is 28.3 Å². The number of Topliss-reactive ketones (excluding diaryl/α,β-unsaturated/α-hetero) is 1. The molecule has 2 aromatic carbocycles. The van der Waals surface area contributed by atoms with E-state index in [0.29, 0.717) is 27.2 Å². The minimum Gasteiger partial charge on any atom is -0.495 e. The zero-order valence-corrected chi connectivity index (χ0v) is 13.1. The van der Waals surface area contributed by atoms with E-state index in [1.807, 2.05) is 6.07 Å². The molecule has 1 aromatic heterocycles. The second-order valence-electron chi connectivity index (χ2n) is 4.97. The first-order valence-electron chi connectivity index (χ1n) is 6.91. The van der Waals surface area contributed by atoms with Crippen molar-refractivity contribution < 1.29 is 9.53 Å². The quantitative estimate of drug-likeness (QED) is 0.691. The van der Waals surface area contributed by atoms with Crippen LogP contribution in [0.25, 0.3) is 10.9 Å². The van der Waals surface area contributed by atoms with E-state index in [4.69, 9.17) is 16.3 Å². The van der Waals surface area contributed by atoms with Gasteiger partial charge in [-0.25, -0.2) is 4.98 Å². The number of ketones is 1. The Morgan fingerprint density at radius 1 is 1.26 bits per heavy atom. The van der Waals surface area contributed by atoms with Crippen molar-refractivity contribution in [3.05, 3.63) is 69.7 Å². The summed E-state index contributed by atoms with van der Waals surface area (Å²) >= 11 is 6.03. The van der Waals surface area contributed by atoms with E-state index >= 15 is 0 Å². The first-order chi connectivity index (χ1) is 11.1. The van der Waals surface area contributed by atoms with Gasteiger partial charge in [0, 0.05) is 5.56 Å². The fourth-order valence-corrected chi connectivity index (χ4v) is 2.56. The number of para-hydroxylation sites is 1. The van der Waals surface area contributed by atoms with Crippen molar-refractivity contribution in [3.8, 4) is 5.75 Å². The third kappa shape index (κ3) is 2.96. The largest absolute Gasteiger partial charge is 0.495 e. The highest BCUT2D eigenvalue weighted by atomic mass is 35.5. The minimum atomic E-state index is -0.247. The van der Waals surface area contributed by atoms with Crippen LogP contribution in [0.1, 0.15) is 10.4 Å². The molecule has 0 aliphatic rings. The molecule has 0 fully saturated rings. The van der Waals surface area contributed by atoms with E-state index in [1.54, 1.807) is 30.3 Å². The molecule has 0 atom stereocenters. The number of carbonyl (C=O) groups excluding carboxylic acids is 1. The summed E-state index contributed by atoms with van der Waals surface area (Å²) in [7, 11) is 1.50. The van der Waals surface area contributed by atoms with Gasteiger partial charge in [0.05, 0.1) is 35.9 Å². The van der Waals surface area contributed by atoms with Crippen LogP contribution in [0.4, 0.5) is 0 Å². The lowest BCUT2D eigenvalue weighted by Gasteiger charge is -2.08. The molecule has 3 rings (SSSR count). The van der Waals surface area contributed by atoms with Crippen molar-refractivity contribution in [2.24, 2.45) is 0 Å². The molecule has 0 spiro atoms. The molecular formula is C17H13ClN2O3. The van der Waals surface area contributed by atoms with Crippen LogP contribution >= 0.6 is 11.6 Å². The van der Waals surface area contributed by atoms with Crippen LogP contribution < -0.4 is 10.3 Å². The second-order valence-corrected chi connectivity index (χ2v) is 5.37. The highest BCUT2D eigenvalue weighted by molar-refractivity contribution is 6.32. The topological polar surface area (TPSA) is 61.2 Å². The van der Waals surface area contributed by atoms with E-state index in [9.17, 15) is 9.59 Å². The Bertz CT molecular complexity index is 950. The van der Waals surface area contributed by atoms with E-state index in [2.05, 4.69) is 4.98 Å². The molecule has 3 aromatic rings. The third-order valence-electron chi connectivity index (χ3n) is 3.52. The average Bonchev–Trinajstić information content (AvgIpc) is 2.57. The number of methoxy groups -OCH3 is 1. The van der Waals surface area contributed by atoms with Crippen LogP contribution in [0.3, 0.4) is 0 Å². The van der Waals surface area contributed by atoms with Gasteiger partial charge in [0.1, 0.15) is 5.75 Å². The van der Waals surface area contributed by atoms with Crippen LogP contribution in [0.5, 0.6) is 5.75 Å². The Kier molecular flexibility index (Phi) is 4.12. The minimum absolute atomic E-state index is 0.0979. The molecular weight excluding hydrogens is 316 g/mol. The molecule has 0 unspecified atom stereocenters. The lowest BCUT2D eigenvalue weighted by atomic mass is 10.1. The number of rotatable bonds is 4. The van der Waals surface area contributed by atoms with Gasteiger partial charge in [-0.15, -0.1) is 0 Å². The smallest absolute Gasteiger partial charge is 0.261 e. The normalized spacial score (nSPS) is 10.7. The Balaban J connectivity index is 1.93. The Morgan fingerprint density at radius 2 is 2.04 bits per heavy atom. The molecule has 6 heteroatoms. The Labute approximate surface area is 137 Å². The van der Waals surface area contributed by atoms with Gasteiger partial charge < -0.3 is 4.74 Å². The summed E-state index contributed by atoms with van der Waals surface area (Å²) in [5.74, 6) is 0.265. The van der Waals surface area contributed by atoms with Crippen molar-refractivity contribution in [3.63, 3.8) is 0 Å². The molecule has 0 N–H and O–H groups in total. The summed E-state index contributed by atoms with van der Waals surface area (Å²) < 4.78 is 6.35. The molecule has 23 heavy (non-hydrogen) atoms. The molecule has 0 bridgehead atoms. The third-order valence-corrected chi connectivity index (χ3v) is 3.81. The molecule has 0 aliphatic heterocycles. The first kappa shape index (κ1) is 15.2. The lowest BCUT2D eigenvalue weighted by Crippen LogP contribution is -2.24. The van der Waals surface area contributed by atoms with E-state index in [1.165, 1.54) is 24.1 Å². The highest BCUT2D eigenvalue weighted by Gasteiger charge is 2.12.